The van der Waals surface area contributed by atoms with E-state index in [0.717, 1.165) is 11.8 Å². The minimum atomic E-state index is 0.0850. The summed E-state index contributed by atoms with van der Waals surface area (Å²) in [6.45, 7) is 4.77. The molecule has 2 aliphatic carbocycles. The van der Waals surface area contributed by atoms with Gasteiger partial charge in [0.1, 0.15) is 6.17 Å². The summed E-state index contributed by atoms with van der Waals surface area (Å²) < 4.78 is 0. The predicted molar refractivity (Wildman–Crippen MR) is 82.7 cm³/mol. The largest absolute Gasteiger partial charge is 0.319 e. The summed E-state index contributed by atoms with van der Waals surface area (Å²) in [7, 11) is 0. The number of hydrogen-bond acceptors (Lipinski definition) is 2. The molecule has 3 fully saturated rings. The topological polar surface area (TPSA) is 32.3 Å². The smallest absolute Gasteiger partial charge is 0.238 e. The first-order valence-electron chi connectivity index (χ1n) is 8.25. The highest BCUT2D eigenvalue weighted by atomic mass is 16.2. The standard InChI is InChI=1S/C18H24N2O/c1-11-3-4-12(2)15(7-11)18-19-10-17(21)20(18)16-9-13-5-6-14(16)8-13/h3-4,7,13-14,16,18-19H,5-6,8-10H2,1-2H3. The van der Waals surface area contributed by atoms with Crippen LogP contribution in [0.5, 0.6) is 0 Å². The van der Waals surface area contributed by atoms with Crippen LogP contribution in [0.15, 0.2) is 18.2 Å². The molecule has 3 heteroatoms. The summed E-state index contributed by atoms with van der Waals surface area (Å²) in [5.74, 6) is 1.90. The first kappa shape index (κ1) is 13.3. The van der Waals surface area contributed by atoms with Gasteiger partial charge in [-0.1, -0.05) is 30.2 Å². The fraction of sp³-hybridized carbons (Fsp3) is 0.611. The van der Waals surface area contributed by atoms with Gasteiger partial charge in [0.2, 0.25) is 5.91 Å². The van der Waals surface area contributed by atoms with Crippen LogP contribution in [0.2, 0.25) is 0 Å². The average Bonchev–Trinajstić information content (AvgIpc) is 3.16. The van der Waals surface area contributed by atoms with Crippen LogP contribution in [0.25, 0.3) is 0 Å². The van der Waals surface area contributed by atoms with Crippen molar-refractivity contribution in [3.8, 4) is 0 Å². The van der Waals surface area contributed by atoms with Gasteiger partial charge in [0.25, 0.3) is 0 Å². The van der Waals surface area contributed by atoms with Crippen molar-refractivity contribution in [1.29, 1.82) is 0 Å². The van der Waals surface area contributed by atoms with E-state index in [-0.39, 0.29) is 6.17 Å². The maximum atomic E-state index is 12.5. The lowest BCUT2D eigenvalue weighted by atomic mass is 9.92. The molecule has 1 saturated heterocycles. The molecule has 1 heterocycles. The minimum Gasteiger partial charge on any atom is -0.319 e. The molecule has 0 aromatic heterocycles. The summed E-state index contributed by atoms with van der Waals surface area (Å²) in [5.41, 5.74) is 3.83. The van der Waals surface area contributed by atoms with Crippen molar-refractivity contribution < 1.29 is 4.79 Å². The zero-order valence-corrected chi connectivity index (χ0v) is 12.9. The van der Waals surface area contributed by atoms with Crippen molar-refractivity contribution in [2.24, 2.45) is 11.8 Å². The van der Waals surface area contributed by atoms with E-state index in [2.05, 4.69) is 42.3 Å². The Labute approximate surface area is 126 Å². The second-order valence-corrected chi connectivity index (χ2v) is 7.19. The van der Waals surface area contributed by atoms with Gasteiger partial charge in [-0.25, -0.2) is 0 Å². The van der Waals surface area contributed by atoms with E-state index in [1.54, 1.807) is 0 Å². The van der Waals surface area contributed by atoms with Crippen LogP contribution in [0.3, 0.4) is 0 Å². The van der Waals surface area contributed by atoms with E-state index in [4.69, 9.17) is 0 Å². The molecule has 4 unspecified atom stereocenters. The van der Waals surface area contributed by atoms with E-state index >= 15 is 0 Å². The van der Waals surface area contributed by atoms with Crippen LogP contribution in [0.4, 0.5) is 0 Å². The van der Waals surface area contributed by atoms with Gasteiger partial charge in [-0.3, -0.25) is 10.1 Å². The monoisotopic (exact) mass is 284 g/mol. The van der Waals surface area contributed by atoms with Gasteiger partial charge in [-0.05, 0) is 56.1 Å². The normalized spacial score (nSPS) is 35.0. The number of carbonyl (C=O) groups is 1. The quantitative estimate of drug-likeness (QED) is 0.905. The van der Waals surface area contributed by atoms with Gasteiger partial charge in [-0.15, -0.1) is 0 Å². The second kappa shape index (κ2) is 4.84. The number of carbonyl (C=O) groups excluding carboxylic acids is 1. The van der Waals surface area contributed by atoms with Gasteiger partial charge in [0.15, 0.2) is 0 Å². The number of benzene rings is 1. The zero-order chi connectivity index (χ0) is 14.6. The number of hydrogen-bond donors (Lipinski definition) is 1. The first-order chi connectivity index (χ1) is 10.1. The number of fused-ring (bicyclic) bond motifs is 2. The molecule has 1 aromatic carbocycles. The van der Waals surface area contributed by atoms with Crippen molar-refractivity contribution >= 4 is 5.91 Å². The first-order valence-corrected chi connectivity index (χ1v) is 8.25. The fourth-order valence-electron chi connectivity index (χ4n) is 4.76. The van der Waals surface area contributed by atoms with Gasteiger partial charge in [0.05, 0.1) is 6.54 Å². The number of amides is 1. The van der Waals surface area contributed by atoms with Crippen molar-refractivity contribution in [2.75, 3.05) is 6.54 Å². The third-order valence-corrected chi connectivity index (χ3v) is 5.80. The highest BCUT2D eigenvalue weighted by Gasteiger charge is 2.47. The van der Waals surface area contributed by atoms with Gasteiger partial charge in [0, 0.05) is 6.04 Å². The number of aryl methyl sites for hydroxylation is 2. The third-order valence-electron chi connectivity index (χ3n) is 5.80. The van der Waals surface area contributed by atoms with Gasteiger partial charge >= 0.3 is 0 Å². The maximum Gasteiger partial charge on any atom is 0.238 e. The van der Waals surface area contributed by atoms with Crippen molar-refractivity contribution in [3.63, 3.8) is 0 Å². The summed E-state index contributed by atoms with van der Waals surface area (Å²) in [5, 5.41) is 3.45. The lowest BCUT2D eigenvalue weighted by Crippen LogP contribution is -2.42. The Morgan fingerprint density at radius 3 is 2.76 bits per heavy atom. The van der Waals surface area contributed by atoms with Crippen molar-refractivity contribution in [3.05, 3.63) is 34.9 Å². The number of nitrogens with one attached hydrogen (secondary N) is 1. The third kappa shape index (κ3) is 2.10. The summed E-state index contributed by atoms with van der Waals surface area (Å²) >= 11 is 0. The Balaban J connectivity index is 1.68. The SMILES string of the molecule is Cc1ccc(C)c(C2NCC(=O)N2C2CC3CCC2C3)c1. The molecule has 112 valence electrons. The molecule has 0 radical (unpaired) electrons. The molecule has 1 aliphatic heterocycles. The maximum absolute atomic E-state index is 12.5. The van der Waals surface area contributed by atoms with E-state index in [9.17, 15) is 4.79 Å². The molecule has 4 rings (SSSR count). The average molecular weight is 284 g/mol. The van der Waals surface area contributed by atoms with Crippen LogP contribution < -0.4 is 5.32 Å². The summed E-state index contributed by atoms with van der Waals surface area (Å²) in [4.78, 5) is 14.7. The molecule has 4 atom stereocenters. The molecule has 1 N–H and O–H groups in total. The predicted octanol–water partition coefficient (Wildman–Crippen LogP) is 2.92. The van der Waals surface area contributed by atoms with Crippen LogP contribution in [-0.2, 0) is 4.79 Å². The zero-order valence-electron chi connectivity index (χ0n) is 12.9. The molecule has 3 nitrogen and oxygen atoms in total. The van der Waals surface area contributed by atoms with E-state index < -0.39 is 0 Å². The number of rotatable bonds is 2. The molecule has 2 saturated carbocycles. The Morgan fingerprint density at radius 2 is 2.05 bits per heavy atom. The molecular formula is C18H24N2O. The van der Waals surface area contributed by atoms with Crippen LogP contribution >= 0.6 is 0 Å². The fourth-order valence-corrected chi connectivity index (χ4v) is 4.76. The Bertz CT molecular complexity index is 583. The van der Waals surface area contributed by atoms with E-state index in [0.29, 0.717) is 18.5 Å². The van der Waals surface area contributed by atoms with E-state index in [1.165, 1.54) is 42.4 Å². The summed E-state index contributed by atoms with van der Waals surface area (Å²) in [6.07, 6.45) is 5.35. The highest BCUT2D eigenvalue weighted by Crippen LogP contribution is 2.48. The van der Waals surface area contributed by atoms with Crippen molar-refractivity contribution in [2.45, 2.75) is 51.7 Å². The second-order valence-electron chi connectivity index (χ2n) is 7.19. The van der Waals surface area contributed by atoms with Crippen molar-refractivity contribution in [1.82, 2.24) is 10.2 Å². The van der Waals surface area contributed by atoms with Gasteiger partial charge < -0.3 is 4.90 Å². The van der Waals surface area contributed by atoms with Crippen LogP contribution in [-0.4, -0.2) is 23.4 Å². The minimum absolute atomic E-state index is 0.0850. The van der Waals surface area contributed by atoms with Crippen LogP contribution in [0.1, 0.15) is 48.5 Å². The Kier molecular flexibility index (Phi) is 3.07. The molecule has 1 aromatic rings. The molecule has 0 spiro atoms. The Morgan fingerprint density at radius 1 is 1.19 bits per heavy atom. The lowest BCUT2D eigenvalue weighted by Gasteiger charge is -2.36. The summed E-state index contributed by atoms with van der Waals surface area (Å²) in [6, 6.07) is 7.04. The van der Waals surface area contributed by atoms with E-state index in [1.807, 2.05) is 0 Å². The molecule has 2 bridgehead atoms. The molecule has 21 heavy (non-hydrogen) atoms. The molecule has 3 aliphatic rings. The highest BCUT2D eigenvalue weighted by molar-refractivity contribution is 5.81. The van der Waals surface area contributed by atoms with Crippen LogP contribution in [0, 0.1) is 25.7 Å². The lowest BCUT2D eigenvalue weighted by molar-refractivity contribution is -0.131. The molecular weight excluding hydrogens is 260 g/mol. The number of nitrogens with zero attached hydrogens (tertiary/aromatic N) is 1. The molecule has 1 amide bonds. The Hall–Kier alpha value is -1.35. The van der Waals surface area contributed by atoms with Gasteiger partial charge in [-0.2, -0.15) is 0 Å².